The second kappa shape index (κ2) is 11.1. The molecule has 5 heteroatoms. The van der Waals surface area contributed by atoms with Gasteiger partial charge in [-0.1, -0.05) is 46.6 Å². The summed E-state index contributed by atoms with van der Waals surface area (Å²) in [4.78, 5) is 20.8. The largest absolute Gasteiger partial charge is 0.299 e. The fourth-order valence-electron chi connectivity index (χ4n) is 6.61. The molecule has 0 bridgehead atoms. The van der Waals surface area contributed by atoms with Gasteiger partial charge in [0.05, 0.1) is 5.52 Å². The van der Waals surface area contributed by atoms with Gasteiger partial charge in [0, 0.05) is 35.8 Å². The molecule has 0 radical (unpaired) electrons. The maximum atomic E-state index is 13.8. The van der Waals surface area contributed by atoms with E-state index < -0.39 is 0 Å². The number of aromatic nitrogens is 3. The van der Waals surface area contributed by atoms with Crippen molar-refractivity contribution in [2.45, 2.75) is 85.6 Å². The van der Waals surface area contributed by atoms with Crippen LogP contribution < -0.4 is 0 Å². The first-order chi connectivity index (χ1) is 17.8. The first kappa shape index (κ1) is 26.1. The smallest absolute Gasteiger partial charge is 0.186 e. The number of H-pyrrole nitrogens is 1. The first-order valence-corrected chi connectivity index (χ1v) is 14.5. The van der Waals surface area contributed by atoms with Crippen LogP contribution >= 0.6 is 0 Å². The van der Waals surface area contributed by atoms with Crippen molar-refractivity contribution in [3.05, 3.63) is 47.9 Å². The molecule has 0 spiro atoms. The maximum absolute atomic E-state index is 13.8. The van der Waals surface area contributed by atoms with E-state index in [9.17, 15) is 4.79 Å². The highest BCUT2D eigenvalue weighted by Gasteiger charge is 2.32. The molecule has 2 aliphatic rings. The third kappa shape index (κ3) is 5.98. The lowest BCUT2D eigenvalue weighted by Gasteiger charge is -2.35. The van der Waals surface area contributed by atoms with Crippen molar-refractivity contribution in [2.75, 3.05) is 13.1 Å². The summed E-state index contributed by atoms with van der Waals surface area (Å²) in [5, 5.41) is 8.58. The van der Waals surface area contributed by atoms with Gasteiger partial charge in [-0.05, 0) is 98.2 Å². The van der Waals surface area contributed by atoms with Crippen LogP contribution in [-0.2, 0) is 6.54 Å². The Morgan fingerprint density at radius 3 is 2.57 bits per heavy atom. The zero-order chi connectivity index (χ0) is 26.0. The molecule has 1 aromatic carbocycles. The summed E-state index contributed by atoms with van der Waals surface area (Å²) in [5.74, 6) is 1.33. The van der Waals surface area contributed by atoms with Crippen LogP contribution in [0.25, 0.3) is 22.0 Å². The number of carbonyl (C=O) groups is 1. The molecule has 5 nitrogen and oxygen atoms in total. The van der Waals surface area contributed by atoms with Crippen LogP contribution in [0.15, 0.2) is 36.7 Å². The van der Waals surface area contributed by atoms with Crippen LogP contribution in [0.1, 0.15) is 95.1 Å². The number of pyridine rings is 1. The number of rotatable bonds is 6. The van der Waals surface area contributed by atoms with Crippen LogP contribution in [0.4, 0.5) is 0 Å². The molecule has 1 N–H and O–H groups in total. The molecular weight excluding hydrogens is 456 g/mol. The van der Waals surface area contributed by atoms with Gasteiger partial charge in [-0.3, -0.25) is 19.8 Å². The Morgan fingerprint density at radius 2 is 1.78 bits per heavy atom. The van der Waals surface area contributed by atoms with E-state index in [0.717, 1.165) is 47.3 Å². The number of nitrogens with one attached hydrogen (secondary N) is 1. The SMILES string of the molecule is CC(C(=O)c1n[nH]c2ccc(-c3cncc(CN4CCCC4)c3)cc12)C1CCCCC(C(C)(C)C)CC1. The molecule has 37 heavy (non-hydrogen) atoms. The van der Waals surface area contributed by atoms with E-state index in [1.165, 1.54) is 57.2 Å². The van der Waals surface area contributed by atoms with E-state index >= 15 is 0 Å². The highest BCUT2D eigenvalue weighted by Crippen LogP contribution is 2.40. The molecule has 2 fully saturated rings. The monoisotopic (exact) mass is 500 g/mol. The van der Waals surface area contributed by atoms with Crippen molar-refractivity contribution in [1.29, 1.82) is 0 Å². The summed E-state index contributed by atoms with van der Waals surface area (Å²) < 4.78 is 0. The molecule has 3 aromatic rings. The number of ketones is 1. The van der Waals surface area contributed by atoms with Crippen molar-refractivity contribution >= 4 is 16.7 Å². The Kier molecular flexibility index (Phi) is 7.80. The molecule has 5 rings (SSSR count). The van der Waals surface area contributed by atoms with Gasteiger partial charge >= 0.3 is 0 Å². The minimum Gasteiger partial charge on any atom is -0.299 e. The maximum Gasteiger partial charge on any atom is 0.186 e. The summed E-state index contributed by atoms with van der Waals surface area (Å²) >= 11 is 0. The molecule has 1 aliphatic heterocycles. The Labute approximate surface area is 222 Å². The minimum absolute atomic E-state index is 0.0145. The number of likely N-dealkylation sites (tertiary alicyclic amines) is 1. The van der Waals surface area contributed by atoms with Gasteiger partial charge in [-0.2, -0.15) is 5.10 Å². The summed E-state index contributed by atoms with van der Waals surface area (Å²) in [7, 11) is 0. The van der Waals surface area contributed by atoms with Crippen LogP contribution in [0.5, 0.6) is 0 Å². The van der Waals surface area contributed by atoms with Crippen molar-refractivity contribution in [3.8, 4) is 11.1 Å². The fraction of sp³-hybridized carbons (Fsp3) is 0.594. The van der Waals surface area contributed by atoms with E-state index in [4.69, 9.17) is 0 Å². The molecule has 1 saturated heterocycles. The van der Waals surface area contributed by atoms with Crippen molar-refractivity contribution in [2.24, 2.45) is 23.2 Å². The van der Waals surface area contributed by atoms with Crippen molar-refractivity contribution in [3.63, 3.8) is 0 Å². The fourth-order valence-corrected chi connectivity index (χ4v) is 6.61. The molecule has 0 amide bonds. The summed E-state index contributed by atoms with van der Waals surface area (Å²) in [6, 6.07) is 8.53. The quantitative estimate of drug-likeness (QED) is 0.353. The lowest BCUT2D eigenvalue weighted by Crippen LogP contribution is -2.27. The number of hydrogen-bond acceptors (Lipinski definition) is 4. The van der Waals surface area contributed by atoms with Gasteiger partial charge in [0.25, 0.3) is 0 Å². The van der Waals surface area contributed by atoms with E-state index in [-0.39, 0.29) is 11.7 Å². The average molecular weight is 501 g/mol. The Balaban J connectivity index is 1.35. The van der Waals surface area contributed by atoms with Gasteiger partial charge in [-0.25, -0.2) is 0 Å². The third-order valence-corrected chi connectivity index (χ3v) is 9.14. The zero-order valence-electron chi connectivity index (χ0n) is 23.2. The average Bonchev–Trinajstić information content (AvgIpc) is 3.52. The molecule has 3 atom stereocenters. The van der Waals surface area contributed by atoms with Crippen LogP contribution in [0, 0.1) is 23.2 Å². The van der Waals surface area contributed by atoms with E-state index in [1.807, 2.05) is 12.4 Å². The topological polar surface area (TPSA) is 61.9 Å². The molecule has 1 aliphatic carbocycles. The highest BCUT2D eigenvalue weighted by molar-refractivity contribution is 6.07. The van der Waals surface area contributed by atoms with Crippen molar-refractivity contribution < 1.29 is 4.79 Å². The van der Waals surface area contributed by atoms with E-state index in [0.29, 0.717) is 17.0 Å². The lowest BCUT2D eigenvalue weighted by atomic mass is 9.70. The second-order valence-corrected chi connectivity index (χ2v) is 12.7. The summed E-state index contributed by atoms with van der Waals surface area (Å²) in [5.41, 5.74) is 5.29. The number of benzene rings is 1. The standard InChI is InChI=1S/C32H44N4O/c1-22(24-9-5-6-10-27(13-11-24)32(2,3)4)31(37)30-28-18-25(12-14-29(28)34-35-30)26-17-23(19-33-20-26)21-36-15-7-8-16-36/h12,14,17-20,22,24,27H,5-11,13,15-16,21H2,1-4H3,(H,34,35). The molecular formula is C32H44N4O. The summed E-state index contributed by atoms with van der Waals surface area (Å²) in [6.45, 7) is 12.5. The van der Waals surface area contributed by atoms with E-state index in [1.54, 1.807) is 0 Å². The second-order valence-electron chi connectivity index (χ2n) is 12.7. The first-order valence-electron chi connectivity index (χ1n) is 14.5. The Hall–Kier alpha value is -2.53. The molecule has 3 unspecified atom stereocenters. The molecule has 3 heterocycles. The number of nitrogens with zero attached hydrogens (tertiary/aromatic N) is 3. The number of aromatic amines is 1. The lowest BCUT2D eigenvalue weighted by molar-refractivity contribution is 0.0847. The predicted octanol–water partition coefficient (Wildman–Crippen LogP) is 7.67. The van der Waals surface area contributed by atoms with Gasteiger partial charge in [-0.15, -0.1) is 0 Å². The van der Waals surface area contributed by atoms with Gasteiger partial charge < -0.3 is 0 Å². The number of carbonyl (C=O) groups excluding carboxylic acids is 1. The number of Topliss-reactive ketones (excluding diaryl/α,β-unsaturated/α-hetero) is 1. The van der Waals surface area contributed by atoms with Crippen LogP contribution in [0.3, 0.4) is 0 Å². The van der Waals surface area contributed by atoms with Crippen LogP contribution in [-0.4, -0.2) is 39.0 Å². The minimum atomic E-state index is -0.0145. The normalized spacial score (nSPS) is 22.6. The van der Waals surface area contributed by atoms with Gasteiger partial charge in [0.1, 0.15) is 5.69 Å². The van der Waals surface area contributed by atoms with E-state index in [2.05, 4.69) is 72.0 Å². The molecule has 1 saturated carbocycles. The molecule has 198 valence electrons. The van der Waals surface area contributed by atoms with Gasteiger partial charge in [0.15, 0.2) is 5.78 Å². The number of hydrogen-bond donors (Lipinski definition) is 1. The third-order valence-electron chi connectivity index (χ3n) is 9.14. The highest BCUT2D eigenvalue weighted by atomic mass is 16.1. The predicted molar refractivity (Wildman–Crippen MR) is 151 cm³/mol. The van der Waals surface area contributed by atoms with Gasteiger partial charge in [0.2, 0.25) is 0 Å². The zero-order valence-corrected chi connectivity index (χ0v) is 23.2. The molecule has 2 aromatic heterocycles. The van der Waals surface area contributed by atoms with Crippen molar-refractivity contribution in [1.82, 2.24) is 20.1 Å². The van der Waals surface area contributed by atoms with Crippen LogP contribution in [0.2, 0.25) is 0 Å². The Morgan fingerprint density at radius 1 is 1.00 bits per heavy atom. The Bertz CT molecular complexity index is 1220. The number of fused-ring (bicyclic) bond motifs is 1. The summed E-state index contributed by atoms with van der Waals surface area (Å²) in [6.07, 6.45) is 13.8.